The van der Waals surface area contributed by atoms with Crippen molar-refractivity contribution in [3.05, 3.63) is 79.4 Å². The van der Waals surface area contributed by atoms with Gasteiger partial charge < -0.3 is 0 Å². The van der Waals surface area contributed by atoms with Crippen molar-refractivity contribution in [1.82, 2.24) is 4.98 Å². The summed E-state index contributed by atoms with van der Waals surface area (Å²) in [6.45, 7) is 0. The highest BCUT2D eigenvalue weighted by atomic mass is 32.1. The molecular weight excluding hydrogens is 304 g/mol. The number of nitrogens with zero attached hydrogens (tertiary/aromatic N) is 2. The molecule has 108 valence electrons. The van der Waals surface area contributed by atoms with Crippen molar-refractivity contribution in [2.24, 2.45) is 0 Å². The van der Waals surface area contributed by atoms with Crippen molar-refractivity contribution >= 4 is 33.0 Å². The Morgan fingerprint density at radius 3 is 2.55 bits per heavy atom. The maximum absolute atomic E-state index is 12.5. The summed E-state index contributed by atoms with van der Waals surface area (Å²) >= 11 is 0.809. The molecule has 0 aliphatic rings. The van der Waals surface area contributed by atoms with Crippen LogP contribution >= 0.6 is 11.3 Å². The van der Waals surface area contributed by atoms with Gasteiger partial charge in [-0.15, -0.1) is 11.3 Å². The maximum Gasteiger partial charge on any atom is 0.317 e. The predicted octanol–water partition coefficient (Wildman–Crippen LogP) is 2.80. The van der Waals surface area contributed by atoms with Gasteiger partial charge in [0.1, 0.15) is 4.70 Å². The topological polar surface area (TPSA) is 90.2 Å². The van der Waals surface area contributed by atoms with Crippen LogP contribution in [0.15, 0.2) is 53.5 Å². The number of carbonyl (C=O) groups is 1. The SMILES string of the molecule is O=C(c1ccccc1)c1sc2c(=O)cccnc2c1[N+](=O)[O-]. The van der Waals surface area contributed by atoms with Crippen molar-refractivity contribution < 1.29 is 9.72 Å². The Morgan fingerprint density at radius 1 is 1.14 bits per heavy atom. The molecule has 0 fully saturated rings. The first kappa shape index (κ1) is 14.0. The van der Waals surface area contributed by atoms with E-state index in [1.165, 1.54) is 18.3 Å². The van der Waals surface area contributed by atoms with Crippen molar-refractivity contribution in [1.29, 1.82) is 0 Å². The number of rotatable bonds is 3. The van der Waals surface area contributed by atoms with Gasteiger partial charge in [0.2, 0.25) is 5.78 Å². The van der Waals surface area contributed by atoms with Gasteiger partial charge in [-0.05, 0) is 12.1 Å². The minimum absolute atomic E-state index is 0.0516. The maximum atomic E-state index is 12.5. The van der Waals surface area contributed by atoms with E-state index in [2.05, 4.69) is 4.98 Å². The van der Waals surface area contributed by atoms with E-state index in [0.29, 0.717) is 5.56 Å². The van der Waals surface area contributed by atoms with Crippen LogP contribution in [0.25, 0.3) is 10.2 Å². The summed E-state index contributed by atoms with van der Waals surface area (Å²) in [5.41, 5.74) is -0.534. The molecule has 7 heteroatoms. The number of hydrogen-bond donors (Lipinski definition) is 0. The van der Waals surface area contributed by atoms with E-state index in [1.807, 2.05) is 0 Å². The Kier molecular flexibility index (Phi) is 3.48. The van der Waals surface area contributed by atoms with E-state index in [9.17, 15) is 19.7 Å². The van der Waals surface area contributed by atoms with E-state index in [1.54, 1.807) is 30.3 Å². The average Bonchev–Trinajstić information content (AvgIpc) is 2.82. The van der Waals surface area contributed by atoms with E-state index in [-0.39, 0.29) is 15.1 Å². The van der Waals surface area contributed by atoms with Gasteiger partial charge in [0.05, 0.1) is 4.92 Å². The highest BCUT2D eigenvalue weighted by molar-refractivity contribution is 7.21. The van der Waals surface area contributed by atoms with E-state index >= 15 is 0 Å². The smallest absolute Gasteiger partial charge is 0.288 e. The molecule has 0 amide bonds. The molecule has 0 aliphatic heterocycles. The van der Waals surface area contributed by atoms with Crippen LogP contribution in [0, 0.1) is 10.1 Å². The van der Waals surface area contributed by atoms with E-state index in [4.69, 9.17) is 0 Å². The molecule has 2 aromatic heterocycles. The Morgan fingerprint density at radius 2 is 1.86 bits per heavy atom. The molecular formula is C15H8N2O4S. The number of thiophene rings is 1. The Bertz CT molecular complexity index is 951. The number of nitro groups is 1. The Hall–Kier alpha value is -2.93. The van der Waals surface area contributed by atoms with Crippen molar-refractivity contribution in [2.75, 3.05) is 0 Å². The summed E-state index contributed by atoms with van der Waals surface area (Å²) in [6.07, 6.45) is 1.31. The van der Waals surface area contributed by atoms with Crippen LogP contribution in [0.5, 0.6) is 0 Å². The lowest BCUT2D eigenvalue weighted by Crippen LogP contribution is -2.02. The predicted molar refractivity (Wildman–Crippen MR) is 82.4 cm³/mol. The molecule has 0 atom stereocenters. The van der Waals surface area contributed by atoms with Gasteiger partial charge >= 0.3 is 5.69 Å². The zero-order valence-corrected chi connectivity index (χ0v) is 11.9. The molecule has 0 aliphatic carbocycles. The molecule has 2 heterocycles. The number of benzene rings is 1. The fourth-order valence-electron chi connectivity index (χ4n) is 2.07. The zero-order valence-electron chi connectivity index (χ0n) is 11.1. The Balaban J connectivity index is 2.34. The first-order valence-electron chi connectivity index (χ1n) is 6.25. The highest BCUT2D eigenvalue weighted by Gasteiger charge is 2.29. The van der Waals surface area contributed by atoms with Gasteiger partial charge in [0.15, 0.2) is 15.8 Å². The standard InChI is InChI=1S/C15H8N2O4S/c18-10-7-4-8-16-11-12(17(20)21)15(22-14(10)11)13(19)9-5-2-1-3-6-9/h1-8H. The van der Waals surface area contributed by atoms with Gasteiger partial charge in [-0.2, -0.15) is 0 Å². The first-order valence-corrected chi connectivity index (χ1v) is 7.07. The summed E-state index contributed by atoms with van der Waals surface area (Å²) in [4.78, 5) is 39.0. The number of fused-ring (bicyclic) bond motifs is 1. The van der Waals surface area contributed by atoms with Crippen molar-refractivity contribution in [3.63, 3.8) is 0 Å². The molecule has 3 rings (SSSR count). The van der Waals surface area contributed by atoms with Gasteiger partial charge in [0.25, 0.3) is 0 Å². The quantitative estimate of drug-likeness (QED) is 0.421. The molecule has 0 N–H and O–H groups in total. The molecule has 22 heavy (non-hydrogen) atoms. The Labute approximate surface area is 127 Å². The molecule has 6 nitrogen and oxygen atoms in total. The van der Waals surface area contributed by atoms with Crippen LogP contribution in [-0.4, -0.2) is 15.7 Å². The van der Waals surface area contributed by atoms with Crippen molar-refractivity contribution in [3.8, 4) is 0 Å². The molecule has 0 saturated heterocycles. The van der Waals surface area contributed by atoms with Gasteiger partial charge in [-0.1, -0.05) is 30.3 Å². The van der Waals surface area contributed by atoms with Crippen LogP contribution in [0.1, 0.15) is 15.2 Å². The molecule has 0 spiro atoms. The second-order valence-electron chi connectivity index (χ2n) is 4.41. The summed E-state index contributed by atoms with van der Waals surface area (Å²) < 4.78 is 0.107. The second kappa shape index (κ2) is 5.45. The average molecular weight is 312 g/mol. The molecule has 1 aromatic carbocycles. The third-order valence-corrected chi connectivity index (χ3v) is 4.23. The van der Waals surface area contributed by atoms with Crippen LogP contribution in [-0.2, 0) is 0 Å². The third-order valence-electron chi connectivity index (χ3n) is 3.04. The van der Waals surface area contributed by atoms with E-state index < -0.39 is 21.8 Å². The summed E-state index contributed by atoms with van der Waals surface area (Å²) in [5.74, 6) is -0.489. The molecule has 3 aromatic rings. The van der Waals surface area contributed by atoms with Crippen LogP contribution in [0.4, 0.5) is 5.69 Å². The lowest BCUT2D eigenvalue weighted by molar-refractivity contribution is -0.383. The molecule has 0 saturated carbocycles. The van der Waals surface area contributed by atoms with Crippen LogP contribution < -0.4 is 5.43 Å². The normalized spacial score (nSPS) is 10.5. The van der Waals surface area contributed by atoms with Crippen molar-refractivity contribution in [2.45, 2.75) is 0 Å². The summed E-state index contributed by atoms with van der Waals surface area (Å²) in [5, 5.41) is 11.4. The lowest BCUT2D eigenvalue weighted by atomic mass is 10.1. The lowest BCUT2D eigenvalue weighted by Gasteiger charge is -1.97. The third kappa shape index (κ3) is 2.27. The highest BCUT2D eigenvalue weighted by Crippen LogP contribution is 2.35. The number of carbonyl (C=O) groups excluding carboxylic acids is 1. The zero-order chi connectivity index (χ0) is 15.7. The van der Waals surface area contributed by atoms with Gasteiger partial charge in [-0.3, -0.25) is 19.7 Å². The van der Waals surface area contributed by atoms with Crippen LogP contribution in [0.3, 0.4) is 0 Å². The minimum atomic E-state index is -0.665. The fourth-order valence-corrected chi connectivity index (χ4v) is 3.17. The fraction of sp³-hybridized carbons (Fsp3) is 0. The second-order valence-corrected chi connectivity index (χ2v) is 5.43. The molecule has 0 bridgehead atoms. The summed E-state index contributed by atoms with van der Waals surface area (Å²) in [6, 6.07) is 10.9. The molecule has 0 radical (unpaired) electrons. The summed E-state index contributed by atoms with van der Waals surface area (Å²) in [7, 11) is 0. The van der Waals surface area contributed by atoms with Gasteiger partial charge in [0, 0.05) is 11.8 Å². The number of hydrogen-bond acceptors (Lipinski definition) is 6. The van der Waals surface area contributed by atoms with Gasteiger partial charge in [-0.25, -0.2) is 4.98 Å². The minimum Gasteiger partial charge on any atom is -0.288 e. The first-order chi connectivity index (χ1) is 10.6. The van der Waals surface area contributed by atoms with E-state index in [0.717, 1.165) is 11.3 Å². The monoisotopic (exact) mass is 312 g/mol. The molecule has 0 unspecified atom stereocenters. The van der Waals surface area contributed by atoms with Crippen LogP contribution in [0.2, 0.25) is 0 Å². The largest absolute Gasteiger partial charge is 0.317 e. The number of ketones is 1. The number of aromatic nitrogens is 1.